The molecule has 174 valence electrons. The molecule has 7 nitrogen and oxygen atoms in total. The summed E-state index contributed by atoms with van der Waals surface area (Å²) in [5.74, 6) is -1.72. The van der Waals surface area contributed by atoms with Crippen molar-refractivity contribution in [3.05, 3.63) is 69.7 Å². The number of nitrogens with one attached hydrogen (secondary N) is 1. The largest absolute Gasteiger partial charge is 0.452 e. The lowest BCUT2D eigenvalue weighted by atomic mass is 9.85. The van der Waals surface area contributed by atoms with E-state index >= 15 is 0 Å². The van der Waals surface area contributed by atoms with Crippen molar-refractivity contribution >= 4 is 51.0 Å². The Morgan fingerprint density at radius 3 is 2.21 bits per heavy atom. The van der Waals surface area contributed by atoms with E-state index in [0.717, 1.165) is 22.0 Å². The van der Waals surface area contributed by atoms with Crippen molar-refractivity contribution in [1.29, 1.82) is 0 Å². The van der Waals surface area contributed by atoms with E-state index in [1.54, 1.807) is 18.2 Å². The third-order valence-corrected chi connectivity index (χ3v) is 8.02. The fourth-order valence-corrected chi connectivity index (χ4v) is 5.66. The first-order valence-electron chi connectivity index (χ1n) is 11.1. The van der Waals surface area contributed by atoms with Gasteiger partial charge >= 0.3 is 5.97 Å². The predicted octanol–water partition coefficient (Wildman–Crippen LogP) is 4.17. The van der Waals surface area contributed by atoms with Crippen LogP contribution in [0.1, 0.15) is 27.9 Å². The average molecular weight is 523 g/mol. The zero-order valence-electron chi connectivity index (χ0n) is 18.7. The van der Waals surface area contributed by atoms with Crippen molar-refractivity contribution in [3.63, 3.8) is 0 Å². The van der Waals surface area contributed by atoms with Gasteiger partial charge in [-0.1, -0.05) is 28.1 Å². The third-order valence-electron chi connectivity index (χ3n) is 7.16. The SMILES string of the molecule is Cc1c(Br)ccc(NC(=O)COC(=O)c2ccc(N3C(=O)[C@@H]4[C@H](C3=O)[C@H]3C=C[C@H]4C3)cc2)c1C. The molecular formula is C26H23BrN2O5. The van der Waals surface area contributed by atoms with E-state index in [4.69, 9.17) is 4.74 Å². The van der Waals surface area contributed by atoms with Gasteiger partial charge in [0.25, 0.3) is 5.91 Å². The van der Waals surface area contributed by atoms with Crippen LogP contribution < -0.4 is 10.2 Å². The minimum absolute atomic E-state index is 0.141. The first-order chi connectivity index (χ1) is 16.3. The summed E-state index contributed by atoms with van der Waals surface area (Å²) in [7, 11) is 0. The Balaban J connectivity index is 1.20. The number of hydrogen-bond donors (Lipinski definition) is 1. The molecule has 3 amide bonds. The number of rotatable bonds is 5. The lowest BCUT2D eigenvalue weighted by Gasteiger charge is -2.17. The van der Waals surface area contributed by atoms with Crippen LogP contribution in [0.3, 0.4) is 0 Å². The lowest BCUT2D eigenvalue weighted by molar-refractivity contribution is -0.123. The van der Waals surface area contributed by atoms with E-state index in [1.165, 1.54) is 17.0 Å². The normalized spacial score (nSPS) is 24.5. The summed E-state index contributed by atoms with van der Waals surface area (Å²) in [6.45, 7) is 3.40. The van der Waals surface area contributed by atoms with Crippen LogP contribution in [0.2, 0.25) is 0 Å². The molecule has 5 rings (SSSR count). The lowest BCUT2D eigenvalue weighted by Crippen LogP contribution is -2.32. The number of halogens is 1. The second-order valence-corrected chi connectivity index (χ2v) is 9.88. The highest BCUT2D eigenvalue weighted by atomic mass is 79.9. The average Bonchev–Trinajstić information content (AvgIpc) is 3.51. The van der Waals surface area contributed by atoms with Gasteiger partial charge in [0.15, 0.2) is 6.61 Å². The van der Waals surface area contributed by atoms with Gasteiger partial charge < -0.3 is 10.1 Å². The van der Waals surface area contributed by atoms with Crippen molar-refractivity contribution in [2.75, 3.05) is 16.8 Å². The Bertz CT molecular complexity index is 1220. The van der Waals surface area contributed by atoms with Gasteiger partial charge in [0.2, 0.25) is 11.8 Å². The number of anilines is 2. The first-order valence-corrected chi connectivity index (χ1v) is 11.9. The van der Waals surface area contributed by atoms with E-state index in [1.807, 2.05) is 19.9 Å². The minimum Gasteiger partial charge on any atom is -0.452 e. The maximum Gasteiger partial charge on any atom is 0.338 e. The summed E-state index contributed by atoms with van der Waals surface area (Å²) in [6, 6.07) is 9.75. The fourth-order valence-electron chi connectivity index (χ4n) is 5.23. The molecule has 1 saturated carbocycles. The fraction of sp³-hybridized carbons (Fsp3) is 0.308. The van der Waals surface area contributed by atoms with E-state index in [0.29, 0.717) is 11.4 Å². The van der Waals surface area contributed by atoms with E-state index in [2.05, 4.69) is 33.4 Å². The highest BCUT2D eigenvalue weighted by Gasteiger charge is 2.59. The van der Waals surface area contributed by atoms with Crippen molar-refractivity contribution < 1.29 is 23.9 Å². The van der Waals surface area contributed by atoms with Gasteiger partial charge in [-0.3, -0.25) is 19.3 Å². The van der Waals surface area contributed by atoms with Gasteiger partial charge in [0.1, 0.15) is 0 Å². The van der Waals surface area contributed by atoms with Crippen molar-refractivity contribution in [3.8, 4) is 0 Å². The van der Waals surface area contributed by atoms with Crippen LogP contribution in [-0.4, -0.2) is 30.3 Å². The summed E-state index contributed by atoms with van der Waals surface area (Å²) < 4.78 is 6.09. The number of fused-ring (bicyclic) bond motifs is 5. The maximum atomic E-state index is 12.9. The number of imide groups is 1. The molecule has 2 aromatic rings. The number of nitrogens with zero attached hydrogens (tertiary/aromatic N) is 1. The molecule has 1 aliphatic heterocycles. The monoisotopic (exact) mass is 522 g/mol. The van der Waals surface area contributed by atoms with Gasteiger partial charge in [0.05, 0.1) is 23.1 Å². The Morgan fingerprint density at radius 1 is 0.971 bits per heavy atom. The number of carbonyl (C=O) groups is 4. The van der Waals surface area contributed by atoms with Gasteiger partial charge in [-0.05, 0) is 79.6 Å². The topological polar surface area (TPSA) is 92.8 Å². The summed E-state index contributed by atoms with van der Waals surface area (Å²) >= 11 is 3.45. The Kier molecular flexibility index (Phi) is 5.64. The van der Waals surface area contributed by atoms with Crippen LogP contribution in [0.4, 0.5) is 11.4 Å². The highest BCUT2D eigenvalue weighted by Crippen LogP contribution is 2.53. The predicted molar refractivity (Wildman–Crippen MR) is 129 cm³/mol. The highest BCUT2D eigenvalue weighted by molar-refractivity contribution is 9.10. The molecule has 4 atom stereocenters. The first kappa shape index (κ1) is 22.5. The summed E-state index contributed by atoms with van der Waals surface area (Å²) in [6.07, 6.45) is 4.98. The third kappa shape index (κ3) is 3.66. The van der Waals surface area contributed by atoms with Crippen LogP contribution in [-0.2, 0) is 19.1 Å². The molecule has 3 aliphatic rings. The smallest absolute Gasteiger partial charge is 0.338 e. The quantitative estimate of drug-likeness (QED) is 0.361. The van der Waals surface area contributed by atoms with Crippen LogP contribution in [0.25, 0.3) is 0 Å². The van der Waals surface area contributed by atoms with E-state index < -0.39 is 18.5 Å². The van der Waals surface area contributed by atoms with Crippen molar-refractivity contribution in [2.24, 2.45) is 23.7 Å². The Labute approximate surface area is 205 Å². The van der Waals surface area contributed by atoms with Crippen LogP contribution in [0.15, 0.2) is 53.0 Å². The molecule has 8 heteroatoms. The number of allylic oxidation sites excluding steroid dienone is 2. The van der Waals surface area contributed by atoms with E-state index in [-0.39, 0.29) is 41.0 Å². The summed E-state index contributed by atoms with van der Waals surface area (Å²) in [4.78, 5) is 51.8. The number of esters is 1. The summed E-state index contributed by atoms with van der Waals surface area (Å²) in [5, 5.41) is 2.75. The summed E-state index contributed by atoms with van der Waals surface area (Å²) in [5.41, 5.74) is 3.26. The molecule has 2 aromatic carbocycles. The molecule has 2 bridgehead atoms. The molecule has 0 unspecified atom stereocenters. The van der Waals surface area contributed by atoms with Gasteiger partial charge in [0, 0.05) is 10.2 Å². The molecule has 0 radical (unpaired) electrons. The van der Waals surface area contributed by atoms with Crippen LogP contribution in [0, 0.1) is 37.5 Å². The number of ether oxygens (including phenoxy) is 1. The molecule has 1 saturated heterocycles. The molecule has 34 heavy (non-hydrogen) atoms. The number of benzene rings is 2. The second-order valence-electron chi connectivity index (χ2n) is 9.03. The molecule has 1 heterocycles. The maximum absolute atomic E-state index is 12.9. The molecule has 2 aliphatic carbocycles. The zero-order chi connectivity index (χ0) is 24.1. The molecule has 0 aromatic heterocycles. The Morgan fingerprint density at radius 2 is 1.59 bits per heavy atom. The van der Waals surface area contributed by atoms with Crippen molar-refractivity contribution in [1.82, 2.24) is 0 Å². The number of amides is 3. The van der Waals surface area contributed by atoms with Crippen molar-refractivity contribution in [2.45, 2.75) is 20.3 Å². The van der Waals surface area contributed by atoms with Gasteiger partial charge in [-0.15, -0.1) is 0 Å². The van der Waals surface area contributed by atoms with Gasteiger partial charge in [-0.25, -0.2) is 4.79 Å². The molecule has 2 fully saturated rings. The van der Waals surface area contributed by atoms with Crippen LogP contribution in [0.5, 0.6) is 0 Å². The minimum atomic E-state index is -0.663. The van der Waals surface area contributed by atoms with Gasteiger partial charge in [-0.2, -0.15) is 0 Å². The number of carbonyl (C=O) groups excluding carboxylic acids is 4. The van der Waals surface area contributed by atoms with Crippen LogP contribution >= 0.6 is 15.9 Å². The standard InChI is InChI=1S/C26H23BrN2O5/c1-13-14(2)20(10-9-19(13)27)28-21(30)12-34-26(33)15-5-7-18(8-6-15)29-24(31)22-16-3-4-17(11-16)23(22)25(29)32/h3-10,16-17,22-23H,11-12H2,1-2H3,(H,28,30)/t16-,17-,22-,23+/m0/s1. The van der Waals surface area contributed by atoms with E-state index in [9.17, 15) is 19.2 Å². The second kappa shape index (κ2) is 8.51. The Hall–Kier alpha value is -3.26. The number of hydrogen-bond acceptors (Lipinski definition) is 5. The zero-order valence-corrected chi connectivity index (χ0v) is 20.3. The molecule has 0 spiro atoms. The molecule has 1 N–H and O–H groups in total. The molecular weight excluding hydrogens is 500 g/mol.